The third-order valence-electron chi connectivity index (χ3n) is 6.30. The molecule has 9 heteroatoms. The number of hydrogen-bond donors (Lipinski definition) is 2. The molecule has 1 aromatic heterocycles. The topological polar surface area (TPSA) is 98.1 Å². The van der Waals surface area contributed by atoms with Crippen molar-refractivity contribution >= 4 is 40.3 Å². The SMILES string of the molecule is Cn1ccc2c(N3CCC(=O)NC3=O)ccc(N3CCN(C(=O)O)C(C(C)(C)C)C3)c21. The second-order valence-electron chi connectivity index (χ2n) is 9.35. The normalized spacial score (nSPS) is 20.4. The molecule has 4 rings (SSSR count). The Morgan fingerprint density at radius 2 is 1.81 bits per heavy atom. The van der Waals surface area contributed by atoms with Crippen LogP contribution in [0.2, 0.25) is 0 Å². The molecular weight excluding hydrogens is 398 g/mol. The first-order valence-electron chi connectivity index (χ1n) is 10.5. The van der Waals surface area contributed by atoms with Gasteiger partial charge in [0.05, 0.1) is 22.9 Å². The number of nitrogens with one attached hydrogen (secondary N) is 1. The minimum absolute atomic E-state index is 0.146. The first-order valence-corrected chi connectivity index (χ1v) is 10.5. The molecule has 2 aliphatic heterocycles. The Kier molecular flexibility index (Phi) is 5.07. The van der Waals surface area contributed by atoms with Crippen LogP contribution in [0.3, 0.4) is 0 Å². The average molecular weight is 428 g/mol. The summed E-state index contributed by atoms with van der Waals surface area (Å²) in [6.07, 6.45) is 1.34. The van der Waals surface area contributed by atoms with Crippen LogP contribution < -0.4 is 15.1 Å². The highest BCUT2D eigenvalue weighted by Crippen LogP contribution is 2.38. The van der Waals surface area contributed by atoms with Gasteiger partial charge in [-0.05, 0) is 23.6 Å². The smallest absolute Gasteiger partial charge is 0.407 e. The van der Waals surface area contributed by atoms with Crippen molar-refractivity contribution in [2.75, 3.05) is 36.0 Å². The summed E-state index contributed by atoms with van der Waals surface area (Å²) in [5, 5.41) is 13.0. The van der Waals surface area contributed by atoms with Crippen molar-refractivity contribution in [3.63, 3.8) is 0 Å². The number of urea groups is 1. The second-order valence-corrected chi connectivity index (χ2v) is 9.35. The molecule has 0 bridgehead atoms. The van der Waals surface area contributed by atoms with Gasteiger partial charge in [-0.25, -0.2) is 9.59 Å². The zero-order valence-corrected chi connectivity index (χ0v) is 18.4. The highest BCUT2D eigenvalue weighted by atomic mass is 16.4. The van der Waals surface area contributed by atoms with Crippen molar-refractivity contribution in [1.82, 2.24) is 14.8 Å². The summed E-state index contributed by atoms with van der Waals surface area (Å²) < 4.78 is 2.02. The molecule has 2 N–H and O–H groups in total. The number of imide groups is 1. The van der Waals surface area contributed by atoms with Crippen LogP contribution in [0, 0.1) is 5.41 Å². The molecule has 166 valence electrons. The monoisotopic (exact) mass is 427 g/mol. The number of carbonyl (C=O) groups is 3. The van der Waals surface area contributed by atoms with Gasteiger partial charge in [-0.2, -0.15) is 0 Å². The van der Waals surface area contributed by atoms with E-state index in [4.69, 9.17) is 0 Å². The molecule has 3 heterocycles. The Hall–Kier alpha value is -3.23. The number of hydrogen-bond acceptors (Lipinski definition) is 4. The van der Waals surface area contributed by atoms with Gasteiger partial charge >= 0.3 is 12.1 Å². The van der Waals surface area contributed by atoms with Crippen LogP contribution in [0.25, 0.3) is 10.9 Å². The molecule has 0 saturated carbocycles. The summed E-state index contributed by atoms with van der Waals surface area (Å²) in [7, 11) is 1.96. The summed E-state index contributed by atoms with van der Waals surface area (Å²) in [5.41, 5.74) is 2.56. The third kappa shape index (κ3) is 3.68. The summed E-state index contributed by atoms with van der Waals surface area (Å²) in [6, 6.07) is 5.34. The Morgan fingerprint density at radius 3 is 2.45 bits per heavy atom. The molecule has 1 atom stereocenters. The number of fused-ring (bicyclic) bond motifs is 1. The zero-order chi connectivity index (χ0) is 22.5. The van der Waals surface area contributed by atoms with Crippen molar-refractivity contribution in [1.29, 1.82) is 0 Å². The maximum Gasteiger partial charge on any atom is 0.407 e. The molecule has 2 aromatic rings. The van der Waals surface area contributed by atoms with Crippen molar-refractivity contribution < 1.29 is 19.5 Å². The Balaban J connectivity index is 1.73. The summed E-state index contributed by atoms with van der Waals surface area (Å²) in [5.74, 6) is -0.258. The minimum Gasteiger partial charge on any atom is -0.465 e. The number of anilines is 2. The zero-order valence-electron chi connectivity index (χ0n) is 18.4. The van der Waals surface area contributed by atoms with E-state index in [1.165, 1.54) is 0 Å². The van der Waals surface area contributed by atoms with Crippen LogP contribution in [0.15, 0.2) is 24.4 Å². The number of carboxylic acid groups (broad SMARTS) is 1. The third-order valence-corrected chi connectivity index (χ3v) is 6.30. The number of rotatable bonds is 2. The van der Waals surface area contributed by atoms with E-state index in [9.17, 15) is 19.5 Å². The standard InChI is InChI=1S/C22H29N5O4/c1-22(2,3)17-13-25(11-12-27(17)21(30)31)16-6-5-15(14-7-9-24(4)19(14)16)26-10-8-18(28)23-20(26)29/h5-7,9,17H,8,10-13H2,1-4H3,(H,30,31)(H,23,28,29). The maximum atomic E-state index is 12.4. The largest absolute Gasteiger partial charge is 0.465 e. The van der Waals surface area contributed by atoms with E-state index in [0.29, 0.717) is 26.2 Å². The van der Waals surface area contributed by atoms with Gasteiger partial charge in [0.15, 0.2) is 0 Å². The molecule has 9 nitrogen and oxygen atoms in total. The highest BCUT2D eigenvalue weighted by molar-refractivity contribution is 6.11. The number of nitrogens with zero attached hydrogens (tertiary/aromatic N) is 4. The van der Waals surface area contributed by atoms with Gasteiger partial charge in [0.25, 0.3) is 0 Å². The Labute approximate surface area is 181 Å². The van der Waals surface area contributed by atoms with Gasteiger partial charge < -0.3 is 19.5 Å². The highest BCUT2D eigenvalue weighted by Gasteiger charge is 2.38. The number of amides is 4. The van der Waals surface area contributed by atoms with E-state index in [-0.39, 0.29) is 23.8 Å². The fourth-order valence-corrected chi connectivity index (χ4v) is 4.64. The Bertz CT molecular complexity index is 1050. The van der Waals surface area contributed by atoms with E-state index in [2.05, 4.69) is 31.0 Å². The van der Waals surface area contributed by atoms with E-state index in [1.54, 1.807) is 9.80 Å². The molecule has 0 spiro atoms. The van der Waals surface area contributed by atoms with Gasteiger partial charge in [-0.3, -0.25) is 15.0 Å². The molecule has 0 radical (unpaired) electrons. The van der Waals surface area contributed by atoms with Crippen LogP contribution in [-0.2, 0) is 11.8 Å². The molecule has 0 aliphatic carbocycles. The summed E-state index contributed by atoms with van der Waals surface area (Å²) in [4.78, 5) is 41.1. The molecular formula is C22H29N5O4. The lowest BCUT2D eigenvalue weighted by Gasteiger charge is -2.47. The number of aryl methyl sites for hydroxylation is 1. The van der Waals surface area contributed by atoms with E-state index >= 15 is 0 Å². The molecule has 4 amide bonds. The fourth-order valence-electron chi connectivity index (χ4n) is 4.64. The predicted molar refractivity (Wildman–Crippen MR) is 119 cm³/mol. The van der Waals surface area contributed by atoms with Crippen molar-refractivity contribution in [2.24, 2.45) is 12.5 Å². The molecule has 2 aliphatic rings. The van der Waals surface area contributed by atoms with Gasteiger partial charge in [-0.15, -0.1) is 0 Å². The second kappa shape index (κ2) is 7.47. The van der Waals surface area contributed by atoms with Crippen molar-refractivity contribution in [3.8, 4) is 0 Å². The Morgan fingerprint density at radius 1 is 1.10 bits per heavy atom. The molecule has 2 saturated heterocycles. The lowest BCUT2D eigenvalue weighted by Crippen LogP contribution is -2.59. The summed E-state index contributed by atoms with van der Waals surface area (Å²) in [6.45, 7) is 8.15. The number of benzene rings is 1. The lowest BCUT2D eigenvalue weighted by molar-refractivity contribution is -0.120. The van der Waals surface area contributed by atoms with Crippen LogP contribution in [0.1, 0.15) is 27.2 Å². The van der Waals surface area contributed by atoms with Crippen LogP contribution in [-0.4, -0.2) is 64.8 Å². The quantitative estimate of drug-likeness (QED) is 0.768. The van der Waals surface area contributed by atoms with E-state index < -0.39 is 12.1 Å². The molecule has 1 unspecified atom stereocenters. The van der Waals surface area contributed by atoms with Crippen LogP contribution in [0.4, 0.5) is 21.0 Å². The average Bonchev–Trinajstić information content (AvgIpc) is 3.08. The maximum absolute atomic E-state index is 12.4. The van der Waals surface area contributed by atoms with Gasteiger partial charge in [0, 0.05) is 51.2 Å². The number of piperazine rings is 1. The van der Waals surface area contributed by atoms with E-state index in [0.717, 1.165) is 22.3 Å². The van der Waals surface area contributed by atoms with Gasteiger partial charge in [-0.1, -0.05) is 20.8 Å². The first-order chi connectivity index (χ1) is 14.6. The molecule has 1 aromatic carbocycles. The van der Waals surface area contributed by atoms with Crippen LogP contribution >= 0.6 is 0 Å². The molecule has 31 heavy (non-hydrogen) atoms. The minimum atomic E-state index is -0.885. The van der Waals surface area contributed by atoms with Gasteiger partial charge in [0.2, 0.25) is 5.91 Å². The summed E-state index contributed by atoms with van der Waals surface area (Å²) >= 11 is 0. The lowest BCUT2D eigenvalue weighted by atomic mass is 9.84. The fraction of sp³-hybridized carbons (Fsp3) is 0.500. The first kappa shape index (κ1) is 21.0. The van der Waals surface area contributed by atoms with Crippen molar-refractivity contribution in [3.05, 3.63) is 24.4 Å². The van der Waals surface area contributed by atoms with Crippen LogP contribution in [0.5, 0.6) is 0 Å². The van der Waals surface area contributed by atoms with E-state index in [1.807, 2.05) is 36.0 Å². The molecule has 2 fully saturated rings. The van der Waals surface area contributed by atoms with Crippen molar-refractivity contribution in [2.45, 2.75) is 33.2 Å². The number of carbonyl (C=O) groups excluding carboxylic acids is 2. The predicted octanol–water partition coefficient (Wildman–Crippen LogP) is 2.84. The van der Waals surface area contributed by atoms with Gasteiger partial charge in [0.1, 0.15) is 0 Å². The number of aromatic nitrogens is 1.